The second kappa shape index (κ2) is 4.28. The molecule has 2 aromatic rings. The van der Waals surface area contributed by atoms with Gasteiger partial charge >= 0.3 is 0 Å². The minimum Gasteiger partial charge on any atom is -0.316 e. The number of aromatic amines is 1. The van der Waals surface area contributed by atoms with Gasteiger partial charge < -0.3 is 5.32 Å². The van der Waals surface area contributed by atoms with E-state index in [1.165, 1.54) is 16.7 Å². The van der Waals surface area contributed by atoms with Crippen molar-refractivity contribution in [3.05, 3.63) is 41.6 Å². The fourth-order valence-electron chi connectivity index (χ4n) is 1.61. The second-order valence-electron chi connectivity index (χ2n) is 3.67. The number of hydrogen-bond acceptors (Lipinski definition) is 2. The fraction of sp³-hybridized carbons (Fsp3) is 0.250. The van der Waals surface area contributed by atoms with Crippen molar-refractivity contribution in [2.45, 2.75) is 13.5 Å². The van der Waals surface area contributed by atoms with Gasteiger partial charge in [0.25, 0.3) is 0 Å². The van der Waals surface area contributed by atoms with Crippen LogP contribution < -0.4 is 5.32 Å². The summed E-state index contributed by atoms with van der Waals surface area (Å²) >= 11 is 0. The van der Waals surface area contributed by atoms with Gasteiger partial charge in [0.15, 0.2) is 0 Å². The average Bonchev–Trinajstić information content (AvgIpc) is 2.68. The smallest absolute Gasteiger partial charge is 0.0695 e. The maximum absolute atomic E-state index is 4.07. The molecule has 1 aromatic carbocycles. The van der Waals surface area contributed by atoms with Gasteiger partial charge in [0, 0.05) is 12.1 Å². The number of H-pyrrole nitrogens is 1. The Morgan fingerprint density at radius 2 is 2.00 bits per heavy atom. The summed E-state index contributed by atoms with van der Waals surface area (Å²) in [5.74, 6) is 0. The lowest BCUT2D eigenvalue weighted by molar-refractivity contribution is 0.820. The number of aromatic nitrogens is 2. The standard InChI is InChI=1S/C12H15N3/c1-9-3-5-10(6-4-9)12-11(7-13-2)8-14-15-12/h3-6,8,13H,7H2,1-2H3,(H,14,15). The zero-order valence-electron chi connectivity index (χ0n) is 9.04. The molecule has 2 rings (SSSR count). The highest BCUT2D eigenvalue weighted by Gasteiger charge is 2.05. The molecule has 0 fully saturated rings. The summed E-state index contributed by atoms with van der Waals surface area (Å²) in [5.41, 5.74) is 4.75. The predicted molar refractivity (Wildman–Crippen MR) is 61.5 cm³/mol. The highest BCUT2D eigenvalue weighted by molar-refractivity contribution is 5.62. The molecule has 3 heteroatoms. The van der Waals surface area contributed by atoms with Crippen LogP contribution in [0.5, 0.6) is 0 Å². The molecule has 3 nitrogen and oxygen atoms in total. The zero-order chi connectivity index (χ0) is 10.7. The van der Waals surface area contributed by atoms with Gasteiger partial charge in [0.2, 0.25) is 0 Å². The molecule has 1 heterocycles. The van der Waals surface area contributed by atoms with Crippen LogP contribution in [0.3, 0.4) is 0 Å². The van der Waals surface area contributed by atoms with Crippen molar-refractivity contribution >= 4 is 0 Å². The molecule has 1 aromatic heterocycles. The quantitative estimate of drug-likeness (QED) is 0.798. The Hall–Kier alpha value is -1.61. The number of rotatable bonds is 3. The Labute approximate surface area is 89.5 Å². The van der Waals surface area contributed by atoms with Crippen LogP contribution in [0.4, 0.5) is 0 Å². The molecule has 0 radical (unpaired) electrons. The number of hydrogen-bond donors (Lipinski definition) is 2. The van der Waals surface area contributed by atoms with Crippen LogP contribution in [0.1, 0.15) is 11.1 Å². The van der Waals surface area contributed by atoms with Gasteiger partial charge in [0.05, 0.1) is 11.9 Å². The molecule has 0 saturated carbocycles. The lowest BCUT2D eigenvalue weighted by Gasteiger charge is -2.02. The molecule has 15 heavy (non-hydrogen) atoms. The van der Waals surface area contributed by atoms with Crippen molar-refractivity contribution in [2.75, 3.05) is 7.05 Å². The molecule has 0 bridgehead atoms. The first-order valence-corrected chi connectivity index (χ1v) is 5.05. The van der Waals surface area contributed by atoms with E-state index in [9.17, 15) is 0 Å². The van der Waals surface area contributed by atoms with E-state index < -0.39 is 0 Å². The topological polar surface area (TPSA) is 40.7 Å². The fourth-order valence-corrected chi connectivity index (χ4v) is 1.61. The molecule has 0 saturated heterocycles. The maximum Gasteiger partial charge on any atom is 0.0695 e. The molecule has 0 aliphatic rings. The summed E-state index contributed by atoms with van der Waals surface area (Å²) in [4.78, 5) is 0. The third-order valence-corrected chi connectivity index (χ3v) is 2.43. The molecule has 0 aliphatic heterocycles. The Bertz CT molecular complexity index is 428. The van der Waals surface area contributed by atoms with E-state index in [1.807, 2.05) is 13.2 Å². The van der Waals surface area contributed by atoms with E-state index in [1.54, 1.807) is 0 Å². The first-order chi connectivity index (χ1) is 7.31. The Morgan fingerprint density at radius 1 is 1.27 bits per heavy atom. The van der Waals surface area contributed by atoms with Gasteiger partial charge in [0.1, 0.15) is 0 Å². The first-order valence-electron chi connectivity index (χ1n) is 5.05. The van der Waals surface area contributed by atoms with Crippen molar-refractivity contribution in [3.63, 3.8) is 0 Å². The maximum atomic E-state index is 4.07. The van der Waals surface area contributed by atoms with Gasteiger partial charge in [-0.05, 0) is 19.5 Å². The molecule has 0 atom stereocenters. The van der Waals surface area contributed by atoms with Crippen molar-refractivity contribution in [3.8, 4) is 11.3 Å². The molecule has 0 unspecified atom stereocenters. The Balaban J connectivity index is 2.36. The zero-order valence-corrected chi connectivity index (χ0v) is 9.04. The largest absolute Gasteiger partial charge is 0.316 e. The van der Waals surface area contributed by atoms with Crippen molar-refractivity contribution in [2.24, 2.45) is 0 Å². The van der Waals surface area contributed by atoms with E-state index in [-0.39, 0.29) is 0 Å². The van der Waals surface area contributed by atoms with Gasteiger partial charge in [-0.15, -0.1) is 0 Å². The summed E-state index contributed by atoms with van der Waals surface area (Å²) < 4.78 is 0. The van der Waals surface area contributed by atoms with E-state index >= 15 is 0 Å². The van der Waals surface area contributed by atoms with Gasteiger partial charge in [-0.2, -0.15) is 5.10 Å². The van der Waals surface area contributed by atoms with Crippen LogP contribution in [0.15, 0.2) is 30.5 Å². The van der Waals surface area contributed by atoms with Crippen LogP contribution in [-0.2, 0) is 6.54 Å². The molecule has 2 N–H and O–H groups in total. The molecular formula is C12H15N3. The van der Waals surface area contributed by atoms with E-state index in [0.29, 0.717) is 0 Å². The van der Waals surface area contributed by atoms with Crippen LogP contribution in [0.25, 0.3) is 11.3 Å². The Morgan fingerprint density at radius 3 is 2.67 bits per heavy atom. The van der Waals surface area contributed by atoms with Gasteiger partial charge in [-0.1, -0.05) is 29.8 Å². The molecule has 0 amide bonds. The van der Waals surface area contributed by atoms with Gasteiger partial charge in [-0.25, -0.2) is 0 Å². The number of nitrogens with zero attached hydrogens (tertiary/aromatic N) is 1. The summed E-state index contributed by atoms with van der Waals surface area (Å²) in [6.45, 7) is 2.92. The third kappa shape index (κ3) is 2.07. The highest BCUT2D eigenvalue weighted by Crippen LogP contribution is 2.21. The average molecular weight is 201 g/mol. The monoisotopic (exact) mass is 201 g/mol. The SMILES string of the molecule is CNCc1cn[nH]c1-c1ccc(C)cc1. The van der Waals surface area contributed by atoms with E-state index in [2.05, 4.69) is 46.7 Å². The normalized spacial score (nSPS) is 10.5. The minimum atomic E-state index is 0.833. The van der Waals surface area contributed by atoms with Crippen molar-refractivity contribution in [1.82, 2.24) is 15.5 Å². The number of nitrogens with one attached hydrogen (secondary N) is 2. The summed E-state index contributed by atoms with van der Waals surface area (Å²) in [6.07, 6.45) is 1.87. The summed E-state index contributed by atoms with van der Waals surface area (Å²) in [6, 6.07) is 8.45. The number of aryl methyl sites for hydroxylation is 1. The van der Waals surface area contributed by atoms with Crippen LogP contribution in [0, 0.1) is 6.92 Å². The lowest BCUT2D eigenvalue weighted by Crippen LogP contribution is -2.05. The van der Waals surface area contributed by atoms with Gasteiger partial charge in [-0.3, -0.25) is 5.10 Å². The van der Waals surface area contributed by atoms with Crippen molar-refractivity contribution in [1.29, 1.82) is 0 Å². The Kier molecular flexibility index (Phi) is 2.83. The molecular weight excluding hydrogens is 186 g/mol. The first kappa shape index (κ1) is 9.93. The van der Waals surface area contributed by atoms with Crippen LogP contribution in [0.2, 0.25) is 0 Å². The van der Waals surface area contributed by atoms with E-state index in [0.717, 1.165) is 12.2 Å². The highest BCUT2D eigenvalue weighted by atomic mass is 15.1. The summed E-state index contributed by atoms with van der Waals surface area (Å²) in [5, 5.41) is 10.2. The molecule has 0 aliphatic carbocycles. The third-order valence-electron chi connectivity index (χ3n) is 2.43. The molecule has 0 spiro atoms. The second-order valence-corrected chi connectivity index (χ2v) is 3.67. The number of benzene rings is 1. The minimum absolute atomic E-state index is 0.833. The van der Waals surface area contributed by atoms with Crippen LogP contribution in [-0.4, -0.2) is 17.2 Å². The summed E-state index contributed by atoms with van der Waals surface area (Å²) in [7, 11) is 1.94. The van der Waals surface area contributed by atoms with E-state index in [4.69, 9.17) is 0 Å². The predicted octanol–water partition coefficient (Wildman–Crippen LogP) is 2.10. The van der Waals surface area contributed by atoms with Crippen LogP contribution >= 0.6 is 0 Å². The molecule has 78 valence electrons. The lowest BCUT2D eigenvalue weighted by atomic mass is 10.1. The van der Waals surface area contributed by atoms with Crippen molar-refractivity contribution < 1.29 is 0 Å².